The third-order valence-electron chi connectivity index (χ3n) is 3.03. The molecule has 0 saturated heterocycles. The van der Waals surface area contributed by atoms with Gasteiger partial charge in [-0.3, -0.25) is 4.98 Å². The van der Waals surface area contributed by atoms with Gasteiger partial charge in [-0.05, 0) is 17.2 Å². The Balaban J connectivity index is 2.41. The van der Waals surface area contributed by atoms with Crippen LogP contribution in [0.1, 0.15) is 28.4 Å². The Morgan fingerprint density at radius 1 is 1.29 bits per heavy atom. The van der Waals surface area contributed by atoms with E-state index in [4.69, 9.17) is 4.74 Å². The number of aromatic nitrogens is 1. The Morgan fingerprint density at radius 3 is 2.71 bits per heavy atom. The maximum atomic E-state index is 13.0. The van der Waals surface area contributed by atoms with E-state index in [9.17, 15) is 18.3 Å². The highest BCUT2D eigenvalue weighted by atomic mass is 19.4. The minimum absolute atomic E-state index is 0.264. The molecule has 21 heavy (non-hydrogen) atoms. The number of halogens is 3. The first-order chi connectivity index (χ1) is 9.93. The number of benzene rings is 1. The molecule has 0 saturated carbocycles. The summed E-state index contributed by atoms with van der Waals surface area (Å²) in [5, 5.41) is 10.2. The van der Waals surface area contributed by atoms with E-state index in [1.807, 2.05) is 0 Å². The fraction of sp³-hybridized carbons (Fsp3) is 0.267. The van der Waals surface area contributed by atoms with E-state index in [0.717, 1.165) is 24.0 Å². The maximum Gasteiger partial charge on any atom is 0.416 e. The van der Waals surface area contributed by atoms with E-state index in [0.29, 0.717) is 12.2 Å². The highest BCUT2D eigenvalue weighted by Crippen LogP contribution is 2.36. The minimum Gasteiger partial charge on any atom is -0.384 e. The average Bonchev–Trinajstić information content (AvgIpc) is 2.46. The number of nitrogens with zero attached hydrogens (tertiary/aromatic N) is 1. The lowest BCUT2D eigenvalue weighted by Crippen LogP contribution is -2.13. The molecule has 1 N–H and O–H groups in total. The predicted octanol–water partition coefficient (Wildman–Crippen LogP) is 3.33. The van der Waals surface area contributed by atoms with Gasteiger partial charge >= 0.3 is 6.18 Å². The molecule has 0 aliphatic carbocycles. The first-order valence-electron chi connectivity index (χ1n) is 6.20. The second-order valence-electron chi connectivity index (χ2n) is 4.54. The number of pyridine rings is 1. The predicted molar refractivity (Wildman–Crippen MR) is 70.5 cm³/mol. The van der Waals surface area contributed by atoms with Crippen LogP contribution in [-0.4, -0.2) is 17.2 Å². The van der Waals surface area contributed by atoms with Crippen molar-refractivity contribution in [3.8, 4) is 0 Å². The van der Waals surface area contributed by atoms with Crippen molar-refractivity contribution >= 4 is 0 Å². The molecule has 1 aromatic carbocycles. The van der Waals surface area contributed by atoms with Crippen molar-refractivity contribution in [2.75, 3.05) is 7.11 Å². The van der Waals surface area contributed by atoms with Gasteiger partial charge in [0.05, 0.1) is 12.2 Å². The molecule has 0 spiro atoms. The zero-order chi connectivity index (χ0) is 15.5. The van der Waals surface area contributed by atoms with Crippen molar-refractivity contribution in [1.29, 1.82) is 0 Å². The van der Waals surface area contributed by atoms with E-state index in [-0.39, 0.29) is 5.56 Å². The average molecular weight is 297 g/mol. The molecule has 1 atom stereocenters. The van der Waals surface area contributed by atoms with Gasteiger partial charge in [0, 0.05) is 25.1 Å². The number of ether oxygens (including phenoxy) is 1. The van der Waals surface area contributed by atoms with Gasteiger partial charge in [0.15, 0.2) is 0 Å². The molecule has 1 unspecified atom stereocenters. The lowest BCUT2D eigenvalue weighted by Gasteiger charge is -2.17. The summed E-state index contributed by atoms with van der Waals surface area (Å²) in [5.41, 5.74) is -0.0174. The van der Waals surface area contributed by atoms with E-state index in [1.165, 1.54) is 7.11 Å². The molecule has 1 heterocycles. The Morgan fingerprint density at radius 2 is 2.05 bits per heavy atom. The first-order valence-corrected chi connectivity index (χ1v) is 6.20. The number of alkyl halides is 3. The van der Waals surface area contributed by atoms with Crippen molar-refractivity contribution in [1.82, 2.24) is 4.98 Å². The van der Waals surface area contributed by atoms with Crippen molar-refractivity contribution in [3.05, 3.63) is 65.0 Å². The van der Waals surface area contributed by atoms with Crippen molar-refractivity contribution in [2.24, 2.45) is 0 Å². The van der Waals surface area contributed by atoms with Crippen LogP contribution < -0.4 is 0 Å². The molecule has 0 bridgehead atoms. The fourth-order valence-corrected chi connectivity index (χ4v) is 2.08. The van der Waals surface area contributed by atoms with Crippen molar-refractivity contribution in [2.45, 2.75) is 18.9 Å². The first kappa shape index (κ1) is 15.5. The molecule has 0 aliphatic rings. The molecule has 6 heteroatoms. The number of hydrogen-bond acceptors (Lipinski definition) is 3. The molecule has 2 aromatic rings. The summed E-state index contributed by atoms with van der Waals surface area (Å²) in [6.07, 6.45) is -3.84. The molecular weight excluding hydrogens is 283 g/mol. The van der Waals surface area contributed by atoms with Crippen LogP contribution in [0.5, 0.6) is 0 Å². The van der Waals surface area contributed by atoms with E-state index in [2.05, 4.69) is 4.98 Å². The monoisotopic (exact) mass is 297 g/mol. The topological polar surface area (TPSA) is 42.4 Å². The lowest BCUT2D eigenvalue weighted by molar-refractivity contribution is -0.139. The Hall–Kier alpha value is -1.92. The Labute approximate surface area is 120 Å². The Kier molecular flexibility index (Phi) is 4.59. The number of hydrogen-bond donors (Lipinski definition) is 1. The summed E-state index contributed by atoms with van der Waals surface area (Å²) < 4.78 is 43.9. The highest BCUT2D eigenvalue weighted by Gasteiger charge is 2.35. The van der Waals surface area contributed by atoms with Crippen molar-refractivity contribution in [3.63, 3.8) is 0 Å². The molecule has 112 valence electrons. The standard InChI is InChI=1S/C15H14F3NO2/c1-21-9-10-3-2-4-11(7-10)14(20)12-8-19-6-5-13(12)15(16,17)18/h2-8,14,20H,9H2,1H3. The van der Waals surface area contributed by atoms with Crippen LogP contribution in [0.15, 0.2) is 42.7 Å². The Bertz CT molecular complexity index is 614. The van der Waals surface area contributed by atoms with E-state index >= 15 is 0 Å². The fourth-order valence-electron chi connectivity index (χ4n) is 2.08. The number of aliphatic hydroxyl groups excluding tert-OH is 1. The molecule has 0 amide bonds. The molecular formula is C15H14F3NO2. The van der Waals surface area contributed by atoms with E-state index in [1.54, 1.807) is 24.3 Å². The molecule has 3 nitrogen and oxygen atoms in total. The third-order valence-corrected chi connectivity index (χ3v) is 3.03. The van der Waals surface area contributed by atoms with Crippen LogP contribution in [0.2, 0.25) is 0 Å². The van der Waals surface area contributed by atoms with Gasteiger partial charge in [-0.2, -0.15) is 13.2 Å². The zero-order valence-electron chi connectivity index (χ0n) is 11.3. The normalized spacial score (nSPS) is 13.2. The summed E-state index contributed by atoms with van der Waals surface area (Å²) in [7, 11) is 1.52. The summed E-state index contributed by atoms with van der Waals surface area (Å²) in [5.74, 6) is 0. The van der Waals surface area contributed by atoms with Crippen molar-refractivity contribution < 1.29 is 23.0 Å². The minimum atomic E-state index is -4.54. The maximum absolute atomic E-state index is 13.0. The van der Waals surface area contributed by atoms with Gasteiger partial charge < -0.3 is 9.84 Å². The quantitative estimate of drug-likeness (QED) is 0.941. The SMILES string of the molecule is COCc1cccc(C(O)c2cnccc2C(F)(F)F)c1. The highest BCUT2D eigenvalue weighted by molar-refractivity contribution is 5.36. The molecule has 0 aliphatic heterocycles. The molecule has 0 fully saturated rings. The second kappa shape index (κ2) is 6.24. The molecule has 0 radical (unpaired) electrons. The molecule has 1 aromatic heterocycles. The van der Waals surface area contributed by atoms with Gasteiger partial charge in [0.1, 0.15) is 6.10 Å². The third kappa shape index (κ3) is 3.59. The van der Waals surface area contributed by atoms with Gasteiger partial charge in [-0.25, -0.2) is 0 Å². The van der Waals surface area contributed by atoms with Crippen LogP contribution >= 0.6 is 0 Å². The smallest absolute Gasteiger partial charge is 0.384 e. The van der Waals surface area contributed by atoms with Crippen LogP contribution in [0, 0.1) is 0 Å². The van der Waals surface area contributed by atoms with Gasteiger partial charge in [0.2, 0.25) is 0 Å². The summed E-state index contributed by atoms with van der Waals surface area (Å²) in [4.78, 5) is 3.68. The largest absolute Gasteiger partial charge is 0.416 e. The number of aliphatic hydroxyl groups is 1. The summed E-state index contributed by atoms with van der Waals surface area (Å²) in [6.45, 7) is 0.319. The lowest BCUT2D eigenvalue weighted by atomic mass is 9.97. The summed E-state index contributed by atoms with van der Waals surface area (Å²) >= 11 is 0. The zero-order valence-corrected chi connectivity index (χ0v) is 11.3. The van der Waals surface area contributed by atoms with Crippen LogP contribution in [0.25, 0.3) is 0 Å². The second-order valence-corrected chi connectivity index (χ2v) is 4.54. The number of rotatable bonds is 4. The van der Waals surface area contributed by atoms with Crippen LogP contribution in [0.3, 0.4) is 0 Å². The van der Waals surface area contributed by atoms with Gasteiger partial charge in [-0.1, -0.05) is 24.3 Å². The van der Waals surface area contributed by atoms with Gasteiger partial charge in [-0.15, -0.1) is 0 Å². The van der Waals surface area contributed by atoms with Gasteiger partial charge in [0.25, 0.3) is 0 Å². The van der Waals surface area contributed by atoms with E-state index < -0.39 is 17.8 Å². The van der Waals surface area contributed by atoms with Crippen LogP contribution in [-0.2, 0) is 17.5 Å². The summed E-state index contributed by atoms with van der Waals surface area (Å²) in [6, 6.07) is 7.47. The molecule has 2 rings (SSSR count). The van der Waals surface area contributed by atoms with Crippen LogP contribution in [0.4, 0.5) is 13.2 Å². The number of methoxy groups -OCH3 is 1.